The molecule has 1 fully saturated rings. The molecule has 0 radical (unpaired) electrons. The van der Waals surface area contributed by atoms with Crippen LogP contribution in [0.5, 0.6) is 0 Å². The summed E-state index contributed by atoms with van der Waals surface area (Å²) < 4.78 is 37.9. The topological polar surface area (TPSA) is 29.3 Å². The lowest BCUT2D eigenvalue weighted by Gasteiger charge is -2.26. The van der Waals surface area contributed by atoms with E-state index in [-0.39, 0.29) is 0 Å². The number of alkyl halides is 3. The van der Waals surface area contributed by atoms with Crippen LogP contribution in [0.25, 0.3) is 0 Å². The van der Waals surface area contributed by atoms with Gasteiger partial charge in [0.1, 0.15) is 0 Å². The Morgan fingerprint density at radius 1 is 1.38 bits per heavy atom. The van der Waals surface area contributed by atoms with Gasteiger partial charge in [-0.1, -0.05) is 6.07 Å². The Hall–Kier alpha value is -0.720. The first-order valence-corrected chi connectivity index (χ1v) is 8.10. The first kappa shape index (κ1) is 16.6. The van der Waals surface area contributed by atoms with Crippen LogP contribution in [0.1, 0.15) is 18.4 Å². The second-order valence-corrected chi connectivity index (χ2v) is 6.66. The smallest absolute Gasteiger partial charge is 0.329 e. The van der Waals surface area contributed by atoms with Crippen LogP contribution >= 0.6 is 11.8 Å². The quantitative estimate of drug-likeness (QED) is 0.781. The monoisotopic (exact) mass is 318 g/mol. The molecule has 0 aliphatic heterocycles. The molecular weight excluding hydrogens is 297 g/mol. The maximum absolute atomic E-state index is 12.6. The van der Waals surface area contributed by atoms with Crippen molar-refractivity contribution in [2.75, 3.05) is 25.9 Å². The van der Waals surface area contributed by atoms with Crippen LogP contribution < -0.4 is 5.73 Å². The highest BCUT2D eigenvalue weighted by Crippen LogP contribution is 2.35. The Morgan fingerprint density at radius 3 is 2.67 bits per heavy atom. The van der Waals surface area contributed by atoms with Crippen molar-refractivity contribution in [3.05, 3.63) is 29.8 Å². The fourth-order valence-electron chi connectivity index (χ4n) is 2.45. The first-order valence-electron chi connectivity index (χ1n) is 7.12. The fourth-order valence-corrected chi connectivity index (χ4v) is 3.45. The molecule has 21 heavy (non-hydrogen) atoms. The minimum absolute atomic E-state index is 0.409. The average molecular weight is 318 g/mol. The Balaban J connectivity index is 1.83. The molecule has 0 saturated heterocycles. The van der Waals surface area contributed by atoms with Crippen molar-refractivity contribution in [3.63, 3.8) is 0 Å². The molecule has 1 saturated carbocycles. The van der Waals surface area contributed by atoms with Crippen molar-refractivity contribution in [2.24, 2.45) is 11.7 Å². The van der Waals surface area contributed by atoms with Crippen molar-refractivity contribution < 1.29 is 13.2 Å². The highest BCUT2D eigenvalue weighted by atomic mass is 32.2. The Morgan fingerprint density at radius 2 is 2.10 bits per heavy atom. The van der Waals surface area contributed by atoms with Gasteiger partial charge in [-0.15, -0.1) is 11.8 Å². The Labute approximate surface area is 127 Å². The molecule has 1 aliphatic carbocycles. The molecule has 6 heteroatoms. The van der Waals surface area contributed by atoms with Gasteiger partial charge in [0, 0.05) is 29.8 Å². The average Bonchev–Trinajstić information content (AvgIpc) is 3.24. The molecule has 1 aromatic rings. The van der Waals surface area contributed by atoms with Gasteiger partial charge in [-0.05, 0) is 44.0 Å². The lowest BCUT2D eigenvalue weighted by Crippen LogP contribution is -2.40. The largest absolute Gasteiger partial charge is 0.416 e. The zero-order valence-electron chi connectivity index (χ0n) is 12.1. The molecule has 2 rings (SSSR count). The molecule has 2 nitrogen and oxygen atoms in total. The van der Waals surface area contributed by atoms with E-state index in [1.807, 2.05) is 7.05 Å². The number of likely N-dealkylation sites (N-methyl/N-ethyl adjacent to an activating group) is 1. The van der Waals surface area contributed by atoms with E-state index >= 15 is 0 Å². The van der Waals surface area contributed by atoms with Crippen molar-refractivity contribution in [1.82, 2.24) is 4.90 Å². The van der Waals surface area contributed by atoms with E-state index < -0.39 is 11.7 Å². The highest BCUT2D eigenvalue weighted by Gasteiger charge is 2.32. The summed E-state index contributed by atoms with van der Waals surface area (Å²) in [7, 11) is 2.04. The predicted molar refractivity (Wildman–Crippen MR) is 80.4 cm³/mol. The summed E-state index contributed by atoms with van der Waals surface area (Å²) in [4.78, 5) is 2.90. The summed E-state index contributed by atoms with van der Waals surface area (Å²) in [5.74, 6) is 1.47. The van der Waals surface area contributed by atoms with E-state index in [2.05, 4.69) is 4.90 Å². The standard InChI is InChI=1S/C15H21F3N2S/c1-20(14(10-19)11-5-6-11)7-8-21-13-4-2-3-12(9-13)15(16,17)18/h2-4,9,11,14H,5-8,10,19H2,1H3. The Kier molecular flexibility index (Phi) is 5.57. The third kappa shape index (κ3) is 4.90. The zero-order valence-corrected chi connectivity index (χ0v) is 12.9. The van der Waals surface area contributed by atoms with Gasteiger partial charge < -0.3 is 10.6 Å². The SMILES string of the molecule is CN(CCSc1cccc(C(F)(F)F)c1)C(CN)C1CC1. The van der Waals surface area contributed by atoms with Crippen LogP contribution in [0.3, 0.4) is 0 Å². The second-order valence-electron chi connectivity index (χ2n) is 5.50. The van der Waals surface area contributed by atoms with Gasteiger partial charge in [-0.25, -0.2) is 0 Å². The third-order valence-corrected chi connectivity index (χ3v) is 4.82. The maximum Gasteiger partial charge on any atom is 0.416 e. The lowest BCUT2D eigenvalue weighted by molar-refractivity contribution is -0.137. The molecule has 0 bridgehead atoms. The summed E-state index contributed by atoms with van der Waals surface area (Å²) in [5.41, 5.74) is 5.21. The summed E-state index contributed by atoms with van der Waals surface area (Å²) >= 11 is 1.46. The summed E-state index contributed by atoms with van der Waals surface area (Å²) in [6.07, 6.45) is -1.79. The van der Waals surface area contributed by atoms with Gasteiger partial charge >= 0.3 is 6.18 Å². The van der Waals surface area contributed by atoms with Crippen molar-refractivity contribution in [2.45, 2.75) is 30.0 Å². The minimum Gasteiger partial charge on any atom is -0.329 e. The van der Waals surface area contributed by atoms with Gasteiger partial charge in [0.25, 0.3) is 0 Å². The van der Waals surface area contributed by atoms with Crippen LogP contribution in [-0.2, 0) is 6.18 Å². The molecule has 0 amide bonds. The van der Waals surface area contributed by atoms with Crippen LogP contribution in [0.15, 0.2) is 29.2 Å². The van der Waals surface area contributed by atoms with E-state index in [1.54, 1.807) is 6.07 Å². The zero-order chi connectivity index (χ0) is 15.5. The molecule has 0 heterocycles. The molecule has 118 valence electrons. The third-order valence-electron chi connectivity index (χ3n) is 3.85. The molecule has 2 N–H and O–H groups in total. The summed E-state index contributed by atoms with van der Waals surface area (Å²) in [6, 6.07) is 5.91. The lowest BCUT2D eigenvalue weighted by atomic mass is 10.1. The highest BCUT2D eigenvalue weighted by molar-refractivity contribution is 7.99. The van der Waals surface area contributed by atoms with E-state index in [0.29, 0.717) is 23.4 Å². The number of nitrogens with zero attached hydrogens (tertiary/aromatic N) is 1. The van der Waals surface area contributed by atoms with Crippen LogP contribution in [0.2, 0.25) is 0 Å². The van der Waals surface area contributed by atoms with Gasteiger partial charge in [-0.2, -0.15) is 13.2 Å². The predicted octanol–water partition coefficient (Wildman–Crippen LogP) is 3.47. The normalized spacial score (nSPS) is 17.2. The first-order chi connectivity index (χ1) is 9.91. The Bertz CT molecular complexity index is 460. The van der Waals surface area contributed by atoms with Gasteiger partial charge in [-0.3, -0.25) is 0 Å². The summed E-state index contributed by atoms with van der Waals surface area (Å²) in [6.45, 7) is 1.48. The van der Waals surface area contributed by atoms with Gasteiger partial charge in [0.05, 0.1) is 5.56 Å². The van der Waals surface area contributed by atoms with E-state index in [1.165, 1.54) is 36.7 Å². The number of rotatable bonds is 7. The van der Waals surface area contributed by atoms with Crippen LogP contribution in [0, 0.1) is 5.92 Å². The van der Waals surface area contributed by atoms with E-state index in [4.69, 9.17) is 5.73 Å². The molecular formula is C15H21F3N2S. The number of nitrogens with two attached hydrogens (primary N) is 1. The van der Waals surface area contributed by atoms with Crippen molar-refractivity contribution >= 4 is 11.8 Å². The fraction of sp³-hybridized carbons (Fsp3) is 0.600. The number of halogens is 3. The summed E-state index contributed by atoms with van der Waals surface area (Å²) in [5, 5.41) is 0. The van der Waals surface area contributed by atoms with E-state index in [9.17, 15) is 13.2 Å². The second kappa shape index (κ2) is 7.03. The van der Waals surface area contributed by atoms with E-state index in [0.717, 1.165) is 18.4 Å². The van der Waals surface area contributed by atoms with Crippen LogP contribution in [0.4, 0.5) is 13.2 Å². The van der Waals surface area contributed by atoms with Crippen molar-refractivity contribution in [1.29, 1.82) is 0 Å². The number of hydrogen-bond acceptors (Lipinski definition) is 3. The molecule has 1 aliphatic rings. The van der Waals surface area contributed by atoms with Gasteiger partial charge in [0.15, 0.2) is 0 Å². The van der Waals surface area contributed by atoms with Gasteiger partial charge in [0.2, 0.25) is 0 Å². The molecule has 0 aromatic heterocycles. The molecule has 0 spiro atoms. The van der Waals surface area contributed by atoms with Crippen molar-refractivity contribution in [3.8, 4) is 0 Å². The minimum atomic E-state index is -4.27. The molecule has 1 aromatic carbocycles. The molecule has 1 unspecified atom stereocenters. The number of hydrogen-bond donors (Lipinski definition) is 1. The number of benzene rings is 1. The maximum atomic E-state index is 12.6. The number of thioether (sulfide) groups is 1. The molecule has 1 atom stereocenters. The van der Waals surface area contributed by atoms with Crippen LogP contribution in [-0.4, -0.2) is 36.8 Å².